The van der Waals surface area contributed by atoms with Gasteiger partial charge < -0.3 is 15.5 Å². The topological polar surface area (TPSA) is 52.5 Å². The Morgan fingerprint density at radius 3 is 2.00 bits per heavy atom. The van der Waals surface area contributed by atoms with Gasteiger partial charge in [-0.25, -0.2) is 0 Å². The third-order valence-corrected chi connectivity index (χ3v) is 3.36. The second-order valence-electron chi connectivity index (χ2n) is 4.28. The molecule has 0 aliphatic heterocycles. The summed E-state index contributed by atoms with van der Waals surface area (Å²) in [4.78, 5) is 0. The van der Waals surface area contributed by atoms with E-state index in [1.54, 1.807) is 6.92 Å². The summed E-state index contributed by atoms with van der Waals surface area (Å²) in [5.41, 5.74) is -0.0247. The molecule has 2 unspecified atom stereocenters. The zero-order chi connectivity index (χ0) is 11.2. The maximum atomic E-state index is 9.33. The molecule has 3 N–H and O–H groups in total. The summed E-state index contributed by atoms with van der Waals surface area (Å²) >= 11 is 0. The van der Waals surface area contributed by atoms with E-state index in [0.29, 0.717) is 0 Å². The van der Waals surface area contributed by atoms with E-state index in [1.165, 1.54) is 0 Å². The molecule has 3 heteroatoms. The van der Waals surface area contributed by atoms with Gasteiger partial charge >= 0.3 is 0 Å². The van der Waals surface area contributed by atoms with E-state index in [1.807, 2.05) is 6.92 Å². The van der Waals surface area contributed by atoms with E-state index in [0.717, 1.165) is 19.4 Å². The highest BCUT2D eigenvalue weighted by Gasteiger charge is 2.25. The van der Waals surface area contributed by atoms with Crippen LogP contribution in [-0.4, -0.2) is 35.5 Å². The molecule has 0 saturated carbocycles. The molecule has 0 rings (SSSR count). The molecular weight excluding hydrogens is 178 g/mol. The van der Waals surface area contributed by atoms with Gasteiger partial charge in [-0.05, 0) is 26.7 Å². The smallest absolute Gasteiger partial charge is 0.0662 e. The molecule has 3 nitrogen and oxygen atoms in total. The number of nitrogens with one attached hydrogen (secondary N) is 1. The lowest BCUT2D eigenvalue weighted by Gasteiger charge is -2.31. The van der Waals surface area contributed by atoms with Crippen molar-refractivity contribution in [2.45, 2.75) is 52.7 Å². The summed E-state index contributed by atoms with van der Waals surface area (Å²) in [6.45, 7) is 8.89. The lowest BCUT2D eigenvalue weighted by Crippen LogP contribution is -2.44. The molecule has 0 aromatic rings. The van der Waals surface area contributed by atoms with E-state index < -0.39 is 0 Å². The van der Waals surface area contributed by atoms with Gasteiger partial charge in [0.1, 0.15) is 0 Å². The minimum Gasteiger partial charge on any atom is -0.396 e. The fraction of sp³-hybridized carbons (Fsp3) is 1.00. The first-order valence-electron chi connectivity index (χ1n) is 5.53. The van der Waals surface area contributed by atoms with Crippen molar-refractivity contribution in [2.24, 2.45) is 5.41 Å². The summed E-state index contributed by atoms with van der Waals surface area (Å²) in [5, 5.41) is 21.9. The van der Waals surface area contributed by atoms with Crippen molar-refractivity contribution in [1.82, 2.24) is 5.32 Å². The van der Waals surface area contributed by atoms with Crippen molar-refractivity contribution < 1.29 is 10.2 Å². The molecule has 0 heterocycles. The zero-order valence-corrected chi connectivity index (χ0v) is 9.88. The van der Waals surface area contributed by atoms with Crippen LogP contribution in [0.2, 0.25) is 0 Å². The van der Waals surface area contributed by atoms with Crippen LogP contribution in [0.15, 0.2) is 0 Å². The molecule has 0 aromatic carbocycles. The molecule has 2 atom stereocenters. The van der Waals surface area contributed by atoms with Gasteiger partial charge in [-0.2, -0.15) is 0 Å². The largest absolute Gasteiger partial charge is 0.396 e. The van der Waals surface area contributed by atoms with Gasteiger partial charge in [0.25, 0.3) is 0 Å². The van der Waals surface area contributed by atoms with Crippen LogP contribution in [0.3, 0.4) is 0 Å². The summed E-state index contributed by atoms with van der Waals surface area (Å²) in [5.74, 6) is 0. The Morgan fingerprint density at radius 2 is 1.71 bits per heavy atom. The molecule has 86 valence electrons. The van der Waals surface area contributed by atoms with Crippen LogP contribution < -0.4 is 5.32 Å². The lowest BCUT2D eigenvalue weighted by atomic mass is 9.83. The van der Waals surface area contributed by atoms with E-state index in [9.17, 15) is 10.2 Å². The molecule has 0 fully saturated rings. The maximum absolute atomic E-state index is 9.33. The van der Waals surface area contributed by atoms with Crippen LogP contribution in [0.4, 0.5) is 0 Å². The highest BCUT2D eigenvalue weighted by Crippen LogP contribution is 2.24. The van der Waals surface area contributed by atoms with Crippen molar-refractivity contribution in [3.05, 3.63) is 0 Å². The van der Waals surface area contributed by atoms with Gasteiger partial charge in [0.05, 0.1) is 6.10 Å². The Kier molecular flexibility index (Phi) is 6.33. The number of hydrogen-bond donors (Lipinski definition) is 3. The predicted molar refractivity (Wildman–Crippen MR) is 59.2 cm³/mol. The molecular formula is C11H25NO2. The molecule has 0 saturated heterocycles. The predicted octanol–water partition coefficient (Wildman–Crippen LogP) is 1.14. The number of aliphatic hydroxyl groups is 2. The average molecular weight is 203 g/mol. The van der Waals surface area contributed by atoms with Crippen LogP contribution in [0.25, 0.3) is 0 Å². The second kappa shape index (κ2) is 6.38. The van der Waals surface area contributed by atoms with Gasteiger partial charge in [-0.1, -0.05) is 13.8 Å². The van der Waals surface area contributed by atoms with Crippen LogP contribution in [0.1, 0.15) is 40.5 Å². The normalized spacial score (nSPS) is 16.7. The zero-order valence-electron chi connectivity index (χ0n) is 9.88. The highest BCUT2D eigenvalue weighted by atomic mass is 16.3. The summed E-state index contributed by atoms with van der Waals surface area (Å²) < 4.78 is 0. The van der Waals surface area contributed by atoms with Crippen LogP contribution >= 0.6 is 0 Å². The van der Waals surface area contributed by atoms with Crippen LogP contribution in [-0.2, 0) is 0 Å². The molecule has 0 amide bonds. The van der Waals surface area contributed by atoms with Crippen LogP contribution in [0, 0.1) is 5.41 Å². The van der Waals surface area contributed by atoms with Crippen molar-refractivity contribution >= 4 is 0 Å². The summed E-state index contributed by atoms with van der Waals surface area (Å²) in [7, 11) is 0. The highest BCUT2D eigenvalue weighted by molar-refractivity contribution is 4.80. The number of hydrogen-bond acceptors (Lipinski definition) is 3. The quantitative estimate of drug-likeness (QED) is 0.581. The van der Waals surface area contributed by atoms with Gasteiger partial charge in [-0.15, -0.1) is 0 Å². The Bertz CT molecular complexity index is 136. The van der Waals surface area contributed by atoms with Gasteiger partial charge in [0.15, 0.2) is 0 Å². The van der Waals surface area contributed by atoms with Gasteiger partial charge in [0, 0.05) is 24.6 Å². The monoisotopic (exact) mass is 203 g/mol. The lowest BCUT2D eigenvalue weighted by molar-refractivity contribution is 0.0939. The Hall–Kier alpha value is -0.120. The fourth-order valence-corrected chi connectivity index (χ4v) is 1.33. The van der Waals surface area contributed by atoms with Gasteiger partial charge in [-0.3, -0.25) is 0 Å². The van der Waals surface area contributed by atoms with E-state index in [-0.39, 0.29) is 24.2 Å². The minimum absolute atomic E-state index is 0.0247. The summed E-state index contributed by atoms with van der Waals surface area (Å²) in [6, 6.07) is 0.0824. The first kappa shape index (κ1) is 13.9. The standard InChI is InChI=1S/C11H25NO2/c1-5-11(6-2,8-13)7-12-9(3)10(4)14/h9-10,12-14H,5-8H2,1-4H3. The van der Waals surface area contributed by atoms with Crippen molar-refractivity contribution in [2.75, 3.05) is 13.2 Å². The van der Waals surface area contributed by atoms with Crippen molar-refractivity contribution in [3.8, 4) is 0 Å². The SMILES string of the molecule is CCC(CC)(CO)CNC(C)C(C)O. The first-order valence-corrected chi connectivity index (χ1v) is 5.53. The maximum Gasteiger partial charge on any atom is 0.0662 e. The Morgan fingerprint density at radius 1 is 1.21 bits per heavy atom. The molecule has 14 heavy (non-hydrogen) atoms. The second-order valence-corrected chi connectivity index (χ2v) is 4.28. The molecule has 0 aliphatic carbocycles. The molecule has 0 bridgehead atoms. The van der Waals surface area contributed by atoms with Crippen molar-refractivity contribution in [1.29, 1.82) is 0 Å². The Balaban J connectivity index is 4.05. The van der Waals surface area contributed by atoms with Crippen LogP contribution in [0.5, 0.6) is 0 Å². The Labute approximate surface area is 87.5 Å². The van der Waals surface area contributed by atoms with Crippen molar-refractivity contribution in [3.63, 3.8) is 0 Å². The van der Waals surface area contributed by atoms with E-state index >= 15 is 0 Å². The van der Waals surface area contributed by atoms with E-state index in [4.69, 9.17) is 0 Å². The fourth-order valence-electron chi connectivity index (χ4n) is 1.33. The molecule has 0 spiro atoms. The average Bonchev–Trinajstić information content (AvgIpc) is 2.20. The number of rotatable bonds is 7. The molecule has 0 aliphatic rings. The minimum atomic E-state index is -0.347. The molecule has 0 aromatic heterocycles. The molecule has 0 radical (unpaired) electrons. The number of aliphatic hydroxyl groups excluding tert-OH is 2. The van der Waals surface area contributed by atoms with E-state index in [2.05, 4.69) is 19.2 Å². The first-order chi connectivity index (χ1) is 6.51. The third-order valence-electron chi connectivity index (χ3n) is 3.36. The summed E-state index contributed by atoms with van der Waals surface area (Å²) in [6.07, 6.45) is 1.57. The van der Waals surface area contributed by atoms with Gasteiger partial charge in [0.2, 0.25) is 0 Å². The third kappa shape index (κ3) is 3.95.